The lowest BCUT2D eigenvalue weighted by molar-refractivity contribution is 0.0616. The Morgan fingerprint density at radius 3 is 2.62 bits per heavy atom. The van der Waals surface area contributed by atoms with Gasteiger partial charge in [0.2, 0.25) is 0 Å². The molecule has 1 rings (SSSR count). The number of hydrogen-bond donors (Lipinski definition) is 1. The summed E-state index contributed by atoms with van der Waals surface area (Å²) in [6.07, 6.45) is 0.294. The third-order valence-corrected chi connectivity index (χ3v) is 3.29. The molecule has 0 amide bonds. The molecule has 0 radical (unpaired) electrons. The zero-order valence-electron chi connectivity index (χ0n) is 14.5. The fourth-order valence-electron chi connectivity index (χ4n) is 2.13. The van der Waals surface area contributed by atoms with E-state index in [1.54, 1.807) is 0 Å². The molecule has 122 valence electrons. The first kappa shape index (κ1) is 18.2. The molecule has 0 unspecified atom stereocenters. The van der Waals surface area contributed by atoms with Crippen molar-refractivity contribution in [2.45, 2.75) is 53.8 Å². The summed E-state index contributed by atoms with van der Waals surface area (Å²) < 4.78 is 11.4. The van der Waals surface area contributed by atoms with Gasteiger partial charge in [0.25, 0.3) is 0 Å². The Kier molecular flexibility index (Phi) is 8.01. The molecule has 1 aromatic heterocycles. The Hall–Kier alpha value is -0.840. The van der Waals surface area contributed by atoms with E-state index in [2.05, 4.69) is 51.0 Å². The van der Waals surface area contributed by atoms with Gasteiger partial charge in [0.05, 0.1) is 19.3 Å². The Labute approximate surface area is 129 Å². The highest BCUT2D eigenvalue weighted by Crippen LogP contribution is 2.16. The largest absolute Gasteiger partial charge is 0.465 e. The number of hydrogen-bond acceptors (Lipinski definition) is 4. The van der Waals surface area contributed by atoms with Crippen LogP contribution < -0.4 is 5.32 Å². The molecule has 0 aromatic carbocycles. The smallest absolute Gasteiger partial charge is 0.118 e. The van der Waals surface area contributed by atoms with E-state index in [4.69, 9.17) is 9.15 Å². The van der Waals surface area contributed by atoms with Crippen molar-refractivity contribution in [2.75, 3.05) is 26.7 Å². The van der Waals surface area contributed by atoms with E-state index in [0.29, 0.717) is 12.0 Å². The number of rotatable bonds is 10. The number of aryl methyl sites for hydroxylation is 1. The van der Waals surface area contributed by atoms with Gasteiger partial charge in [0.1, 0.15) is 11.5 Å². The molecule has 1 heterocycles. The minimum atomic E-state index is 0.294. The Morgan fingerprint density at radius 2 is 2.00 bits per heavy atom. The van der Waals surface area contributed by atoms with E-state index >= 15 is 0 Å². The number of likely N-dealkylation sites (N-methyl/N-ethyl adjacent to an activating group) is 1. The van der Waals surface area contributed by atoms with Gasteiger partial charge >= 0.3 is 0 Å². The molecule has 0 atom stereocenters. The van der Waals surface area contributed by atoms with Crippen LogP contribution in [0.15, 0.2) is 10.5 Å². The Morgan fingerprint density at radius 1 is 1.29 bits per heavy atom. The molecule has 0 aliphatic carbocycles. The molecule has 1 N–H and O–H groups in total. The topological polar surface area (TPSA) is 37.6 Å². The summed E-state index contributed by atoms with van der Waals surface area (Å²) in [5.41, 5.74) is 1.26. The quantitative estimate of drug-likeness (QED) is 0.719. The van der Waals surface area contributed by atoms with Crippen molar-refractivity contribution < 1.29 is 9.15 Å². The van der Waals surface area contributed by atoms with Crippen molar-refractivity contribution in [1.29, 1.82) is 0 Å². The molecule has 0 saturated carbocycles. The maximum atomic E-state index is 5.85. The second-order valence-electron chi connectivity index (χ2n) is 6.48. The third-order valence-electron chi connectivity index (χ3n) is 3.29. The van der Waals surface area contributed by atoms with Crippen LogP contribution in [0.25, 0.3) is 0 Å². The van der Waals surface area contributed by atoms with Crippen LogP contribution >= 0.6 is 0 Å². The number of furan rings is 1. The van der Waals surface area contributed by atoms with Crippen molar-refractivity contribution in [1.82, 2.24) is 10.2 Å². The molecule has 1 aromatic rings. The second kappa shape index (κ2) is 9.23. The maximum absolute atomic E-state index is 5.85. The molecule has 0 saturated heterocycles. The lowest BCUT2D eigenvalue weighted by atomic mass is 10.2. The molecule has 4 nitrogen and oxygen atoms in total. The lowest BCUT2D eigenvalue weighted by Gasteiger charge is -2.16. The van der Waals surface area contributed by atoms with Gasteiger partial charge in [0.15, 0.2) is 0 Å². The standard InChI is InChI=1S/C17H32N2O2/c1-13(2)10-18-11-16-9-17(21-15(16)5)12-19(6)7-8-20-14(3)4/h9,13-14,18H,7-8,10-12H2,1-6H3. The predicted octanol–water partition coefficient (Wildman–Crippen LogP) is 3.19. The van der Waals surface area contributed by atoms with Crippen LogP contribution in [0.4, 0.5) is 0 Å². The predicted molar refractivity (Wildman–Crippen MR) is 87.4 cm³/mol. The molecule has 0 spiro atoms. The zero-order chi connectivity index (χ0) is 15.8. The molecule has 0 bridgehead atoms. The second-order valence-corrected chi connectivity index (χ2v) is 6.48. The van der Waals surface area contributed by atoms with Crippen LogP contribution in [-0.4, -0.2) is 37.7 Å². The summed E-state index contributed by atoms with van der Waals surface area (Å²) in [5.74, 6) is 2.72. The summed E-state index contributed by atoms with van der Waals surface area (Å²) in [7, 11) is 2.10. The normalized spacial score (nSPS) is 12.0. The Balaban J connectivity index is 2.38. The zero-order valence-corrected chi connectivity index (χ0v) is 14.5. The van der Waals surface area contributed by atoms with Crippen molar-refractivity contribution in [3.8, 4) is 0 Å². The van der Waals surface area contributed by atoms with Crippen LogP contribution in [0.2, 0.25) is 0 Å². The fourth-order valence-corrected chi connectivity index (χ4v) is 2.13. The molecule has 4 heteroatoms. The highest BCUT2D eigenvalue weighted by atomic mass is 16.5. The van der Waals surface area contributed by atoms with Gasteiger partial charge in [-0.2, -0.15) is 0 Å². The summed E-state index contributed by atoms with van der Waals surface area (Å²) >= 11 is 0. The highest BCUT2D eigenvalue weighted by molar-refractivity contribution is 5.20. The average Bonchev–Trinajstić information content (AvgIpc) is 2.68. The molecular weight excluding hydrogens is 264 g/mol. The lowest BCUT2D eigenvalue weighted by Crippen LogP contribution is -2.23. The highest BCUT2D eigenvalue weighted by Gasteiger charge is 2.09. The van der Waals surface area contributed by atoms with Gasteiger partial charge in [-0.3, -0.25) is 4.90 Å². The number of nitrogens with one attached hydrogen (secondary N) is 1. The summed E-state index contributed by atoms with van der Waals surface area (Å²) in [4.78, 5) is 2.23. The summed E-state index contributed by atoms with van der Waals surface area (Å²) in [6, 6.07) is 2.17. The van der Waals surface area contributed by atoms with Crippen LogP contribution in [0.5, 0.6) is 0 Å². The molecule has 21 heavy (non-hydrogen) atoms. The number of nitrogens with zero attached hydrogens (tertiary/aromatic N) is 1. The SMILES string of the molecule is Cc1oc(CN(C)CCOC(C)C)cc1CNCC(C)C. The van der Waals surface area contributed by atoms with E-state index in [0.717, 1.165) is 44.3 Å². The van der Waals surface area contributed by atoms with Crippen LogP contribution in [0.3, 0.4) is 0 Å². The average molecular weight is 296 g/mol. The first-order valence-corrected chi connectivity index (χ1v) is 7.97. The van der Waals surface area contributed by atoms with E-state index in [-0.39, 0.29) is 0 Å². The molecule has 0 aliphatic rings. The van der Waals surface area contributed by atoms with Gasteiger partial charge in [-0.15, -0.1) is 0 Å². The van der Waals surface area contributed by atoms with Gasteiger partial charge in [-0.1, -0.05) is 13.8 Å². The van der Waals surface area contributed by atoms with Crippen molar-refractivity contribution in [3.63, 3.8) is 0 Å². The van der Waals surface area contributed by atoms with Crippen LogP contribution in [0, 0.1) is 12.8 Å². The van der Waals surface area contributed by atoms with E-state index < -0.39 is 0 Å². The maximum Gasteiger partial charge on any atom is 0.118 e. The van der Waals surface area contributed by atoms with Crippen LogP contribution in [-0.2, 0) is 17.8 Å². The van der Waals surface area contributed by atoms with E-state index in [1.807, 2.05) is 6.92 Å². The third kappa shape index (κ3) is 7.65. The minimum Gasteiger partial charge on any atom is -0.465 e. The van der Waals surface area contributed by atoms with Gasteiger partial charge in [-0.25, -0.2) is 0 Å². The number of ether oxygens (including phenoxy) is 1. The summed E-state index contributed by atoms with van der Waals surface area (Å²) in [5, 5.41) is 3.46. The van der Waals surface area contributed by atoms with Gasteiger partial charge in [-0.05, 0) is 46.3 Å². The van der Waals surface area contributed by atoms with E-state index in [1.165, 1.54) is 5.56 Å². The van der Waals surface area contributed by atoms with E-state index in [9.17, 15) is 0 Å². The molecule has 0 fully saturated rings. The Bertz CT molecular complexity index is 399. The minimum absolute atomic E-state index is 0.294. The summed E-state index contributed by atoms with van der Waals surface area (Å²) in [6.45, 7) is 15.0. The molecular formula is C17H32N2O2. The molecule has 0 aliphatic heterocycles. The van der Waals surface area contributed by atoms with Crippen LogP contribution in [0.1, 0.15) is 44.8 Å². The monoisotopic (exact) mass is 296 g/mol. The van der Waals surface area contributed by atoms with Gasteiger partial charge in [0, 0.05) is 18.7 Å². The first-order valence-electron chi connectivity index (χ1n) is 7.97. The fraction of sp³-hybridized carbons (Fsp3) is 0.765. The van der Waals surface area contributed by atoms with Crippen molar-refractivity contribution in [2.24, 2.45) is 5.92 Å². The van der Waals surface area contributed by atoms with Gasteiger partial charge < -0.3 is 14.5 Å². The first-order chi connectivity index (χ1) is 9.88. The van der Waals surface area contributed by atoms with Crippen molar-refractivity contribution in [3.05, 3.63) is 23.2 Å². The van der Waals surface area contributed by atoms with Crippen molar-refractivity contribution >= 4 is 0 Å².